The van der Waals surface area contributed by atoms with E-state index in [1.54, 1.807) is 0 Å². The molecule has 3 nitrogen and oxygen atoms in total. The second-order valence-corrected chi connectivity index (χ2v) is 6.23. The molecule has 0 aliphatic heterocycles. The van der Waals surface area contributed by atoms with Crippen molar-refractivity contribution in [1.29, 1.82) is 0 Å². The van der Waals surface area contributed by atoms with Gasteiger partial charge in [0.05, 0.1) is 5.41 Å². The van der Waals surface area contributed by atoms with Crippen molar-refractivity contribution in [2.45, 2.75) is 39.5 Å². The topological polar surface area (TPSA) is 55.1 Å². The van der Waals surface area contributed by atoms with Gasteiger partial charge in [-0.05, 0) is 50.9 Å². The van der Waals surface area contributed by atoms with Gasteiger partial charge in [0, 0.05) is 13.1 Å². The maximum atomic E-state index is 11.9. The zero-order valence-electron chi connectivity index (χ0n) is 10.5. The Balaban J connectivity index is 1.78. The highest BCUT2D eigenvalue weighted by molar-refractivity contribution is 5.82. The van der Waals surface area contributed by atoms with E-state index in [4.69, 9.17) is 5.73 Å². The van der Waals surface area contributed by atoms with Crippen LogP contribution in [0.1, 0.15) is 39.5 Å². The third kappa shape index (κ3) is 2.24. The molecular formula is C13H24N2O. The third-order valence-electron chi connectivity index (χ3n) is 4.53. The SMILES string of the molecule is CC(C)(CN)C(=O)NCC1CC2CCC1C2. The Bertz CT molecular complexity index is 275. The molecule has 16 heavy (non-hydrogen) atoms. The van der Waals surface area contributed by atoms with Gasteiger partial charge in [-0.15, -0.1) is 0 Å². The lowest BCUT2D eigenvalue weighted by atomic mass is 9.88. The van der Waals surface area contributed by atoms with Crippen molar-refractivity contribution in [3.8, 4) is 0 Å². The number of amides is 1. The van der Waals surface area contributed by atoms with Crippen LogP contribution in [0.4, 0.5) is 0 Å². The van der Waals surface area contributed by atoms with E-state index in [-0.39, 0.29) is 5.91 Å². The quantitative estimate of drug-likeness (QED) is 0.761. The summed E-state index contributed by atoms with van der Waals surface area (Å²) in [6.45, 7) is 5.09. The summed E-state index contributed by atoms with van der Waals surface area (Å²) >= 11 is 0. The maximum Gasteiger partial charge on any atom is 0.226 e. The van der Waals surface area contributed by atoms with Gasteiger partial charge < -0.3 is 11.1 Å². The standard InChI is InChI=1S/C13H24N2O/c1-13(2,8-14)12(16)15-7-11-6-9-3-4-10(11)5-9/h9-11H,3-8,14H2,1-2H3,(H,15,16). The highest BCUT2D eigenvalue weighted by Gasteiger charge is 2.39. The molecule has 2 saturated carbocycles. The van der Waals surface area contributed by atoms with Crippen molar-refractivity contribution in [3.05, 3.63) is 0 Å². The maximum absolute atomic E-state index is 11.9. The van der Waals surface area contributed by atoms with E-state index < -0.39 is 5.41 Å². The van der Waals surface area contributed by atoms with Crippen LogP contribution in [-0.2, 0) is 4.79 Å². The van der Waals surface area contributed by atoms with Gasteiger partial charge >= 0.3 is 0 Å². The van der Waals surface area contributed by atoms with Crippen LogP contribution in [0.15, 0.2) is 0 Å². The molecule has 0 radical (unpaired) electrons. The van der Waals surface area contributed by atoms with Crippen LogP contribution in [-0.4, -0.2) is 19.0 Å². The lowest BCUT2D eigenvalue weighted by Crippen LogP contribution is -2.43. The number of hydrogen-bond donors (Lipinski definition) is 2. The van der Waals surface area contributed by atoms with E-state index in [1.165, 1.54) is 25.7 Å². The largest absolute Gasteiger partial charge is 0.355 e. The zero-order valence-corrected chi connectivity index (χ0v) is 10.5. The first-order valence-electron chi connectivity index (χ1n) is 6.51. The fraction of sp³-hybridized carbons (Fsp3) is 0.923. The second-order valence-electron chi connectivity index (χ2n) is 6.23. The van der Waals surface area contributed by atoms with E-state index >= 15 is 0 Å². The average Bonchev–Trinajstić information content (AvgIpc) is 2.87. The number of carbonyl (C=O) groups is 1. The number of carbonyl (C=O) groups excluding carboxylic acids is 1. The molecule has 0 aromatic carbocycles. The van der Waals surface area contributed by atoms with Crippen LogP contribution in [0.5, 0.6) is 0 Å². The summed E-state index contributed by atoms with van der Waals surface area (Å²) < 4.78 is 0. The molecule has 2 rings (SSSR count). The third-order valence-corrected chi connectivity index (χ3v) is 4.53. The number of fused-ring (bicyclic) bond motifs is 2. The molecular weight excluding hydrogens is 200 g/mol. The van der Waals surface area contributed by atoms with E-state index in [0.29, 0.717) is 6.54 Å². The molecule has 92 valence electrons. The van der Waals surface area contributed by atoms with Gasteiger partial charge in [-0.25, -0.2) is 0 Å². The molecule has 3 unspecified atom stereocenters. The lowest BCUT2D eigenvalue weighted by Gasteiger charge is -2.26. The number of nitrogens with one attached hydrogen (secondary N) is 1. The summed E-state index contributed by atoms with van der Waals surface area (Å²) in [7, 11) is 0. The number of rotatable bonds is 4. The molecule has 0 saturated heterocycles. The molecule has 3 heteroatoms. The van der Waals surface area contributed by atoms with Crippen molar-refractivity contribution in [3.63, 3.8) is 0 Å². The summed E-state index contributed by atoms with van der Waals surface area (Å²) in [6.07, 6.45) is 5.53. The van der Waals surface area contributed by atoms with Crippen LogP contribution < -0.4 is 11.1 Å². The van der Waals surface area contributed by atoms with E-state index in [0.717, 1.165) is 24.3 Å². The Morgan fingerprint density at radius 2 is 2.12 bits per heavy atom. The average molecular weight is 224 g/mol. The Hall–Kier alpha value is -0.570. The van der Waals surface area contributed by atoms with Crippen LogP contribution in [0.3, 0.4) is 0 Å². The summed E-state index contributed by atoms with van der Waals surface area (Å²) in [5.41, 5.74) is 5.17. The molecule has 0 heterocycles. The van der Waals surface area contributed by atoms with E-state index in [1.807, 2.05) is 13.8 Å². The summed E-state index contributed by atoms with van der Waals surface area (Å²) in [5, 5.41) is 3.08. The van der Waals surface area contributed by atoms with Crippen molar-refractivity contribution < 1.29 is 4.79 Å². The molecule has 3 atom stereocenters. The first-order chi connectivity index (χ1) is 7.53. The predicted molar refractivity (Wildman–Crippen MR) is 64.8 cm³/mol. The van der Waals surface area contributed by atoms with E-state index in [9.17, 15) is 4.79 Å². The monoisotopic (exact) mass is 224 g/mol. The number of hydrogen-bond acceptors (Lipinski definition) is 2. The van der Waals surface area contributed by atoms with Gasteiger partial charge in [-0.2, -0.15) is 0 Å². The molecule has 2 fully saturated rings. The van der Waals surface area contributed by atoms with Crippen LogP contribution >= 0.6 is 0 Å². The predicted octanol–water partition coefficient (Wildman–Crippen LogP) is 1.52. The van der Waals surface area contributed by atoms with Crippen molar-refractivity contribution in [2.24, 2.45) is 28.9 Å². The molecule has 2 aliphatic rings. The Labute approximate surface area is 98.2 Å². The summed E-state index contributed by atoms with van der Waals surface area (Å²) in [5.74, 6) is 2.68. The van der Waals surface area contributed by atoms with Crippen LogP contribution in [0.2, 0.25) is 0 Å². The Kier molecular flexibility index (Phi) is 3.24. The van der Waals surface area contributed by atoms with Crippen LogP contribution in [0.25, 0.3) is 0 Å². The number of nitrogens with two attached hydrogens (primary N) is 1. The highest BCUT2D eigenvalue weighted by atomic mass is 16.2. The molecule has 3 N–H and O–H groups in total. The van der Waals surface area contributed by atoms with Gasteiger partial charge in [0.2, 0.25) is 5.91 Å². The fourth-order valence-electron chi connectivity index (χ4n) is 3.18. The zero-order chi connectivity index (χ0) is 11.8. The second kappa shape index (κ2) is 4.36. The summed E-state index contributed by atoms with van der Waals surface area (Å²) in [4.78, 5) is 11.9. The summed E-state index contributed by atoms with van der Waals surface area (Å²) in [6, 6.07) is 0. The van der Waals surface area contributed by atoms with Gasteiger partial charge in [-0.3, -0.25) is 4.79 Å². The van der Waals surface area contributed by atoms with Gasteiger partial charge in [-0.1, -0.05) is 6.42 Å². The van der Waals surface area contributed by atoms with Crippen molar-refractivity contribution in [1.82, 2.24) is 5.32 Å². The molecule has 0 spiro atoms. The smallest absolute Gasteiger partial charge is 0.226 e. The minimum absolute atomic E-state index is 0.109. The van der Waals surface area contributed by atoms with E-state index in [2.05, 4.69) is 5.32 Å². The first-order valence-corrected chi connectivity index (χ1v) is 6.51. The Morgan fingerprint density at radius 1 is 1.38 bits per heavy atom. The van der Waals surface area contributed by atoms with Gasteiger partial charge in [0.15, 0.2) is 0 Å². The molecule has 0 aromatic heterocycles. The van der Waals surface area contributed by atoms with Crippen LogP contribution in [0, 0.1) is 23.2 Å². The van der Waals surface area contributed by atoms with Gasteiger partial charge in [0.25, 0.3) is 0 Å². The minimum atomic E-state index is -0.419. The lowest BCUT2D eigenvalue weighted by molar-refractivity contribution is -0.129. The Morgan fingerprint density at radius 3 is 2.62 bits per heavy atom. The molecule has 0 aromatic rings. The normalized spacial score (nSPS) is 33.1. The highest BCUT2D eigenvalue weighted by Crippen LogP contribution is 2.47. The minimum Gasteiger partial charge on any atom is -0.355 e. The molecule has 2 aliphatic carbocycles. The molecule has 2 bridgehead atoms. The molecule has 1 amide bonds. The van der Waals surface area contributed by atoms with Crippen molar-refractivity contribution >= 4 is 5.91 Å². The first kappa shape index (κ1) is 11.9. The van der Waals surface area contributed by atoms with Gasteiger partial charge in [0.1, 0.15) is 0 Å². The van der Waals surface area contributed by atoms with Crippen molar-refractivity contribution in [2.75, 3.05) is 13.1 Å². The fourth-order valence-corrected chi connectivity index (χ4v) is 3.18.